The first kappa shape index (κ1) is 16.0. The summed E-state index contributed by atoms with van der Waals surface area (Å²) in [4.78, 5) is 22.7. The number of aryl methyl sites for hydroxylation is 1. The van der Waals surface area contributed by atoms with Crippen LogP contribution in [0.15, 0.2) is 24.3 Å². The minimum absolute atomic E-state index is 0.130. The summed E-state index contributed by atoms with van der Waals surface area (Å²) in [5.74, 6) is -0.763. The van der Waals surface area contributed by atoms with Crippen molar-refractivity contribution in [2.24, 2.45) is 5.92 Å². The molecule has 0 heterocycles. The molecule has 0 saturated heterocycles. The Bertz CT molecular complexity index is 471. The standard InChI is InChI=1S/C15H21NO4/c1-10(2)14(15(18)19)16-13(17)8-9-20-12-7-5-4-6-11(12)3/h4-7,10,14H,8-9H2,1-3H3,(H,16,17)(H,18,19). The normalized spacial score (nSPS) is 12.0. The van der Waals surface area contributed by atoms with Crippen molar-refractivity contribution < 1.29 is 19.4 Å². The van der Waals surface area contributed by atoms with E-state index in [1.165, 1.54) is 0 Å². The maximum absolute atomic E-state index is 11.7. The van der Waals surface area contributed by atoms with E-state index in [1.807, 2.05) is 31.2 Å². The van der Waals surface area contributed by atoms with E-state index in [0.717, 1.165) is 11.3 Å². The Balaban J connectivity index is 2.40. The third-order valence-corrected chi connectivity index (χ3v) is 2.93. The fourth-order valence-corrected chi connectivity index (χ4v) is 1.73. The molecule has 5 nitrogen and oxygen atoms in total. The molecule has 0 radical (unpaired) electrons. The molecule has 1 unspecified atom stereocenters. The number of rotatable bonds is 7. The van der Waals surface area contributed by atoms with Crippen LogP contribution in [-0.4, -0.2) is 29.6 Å². The van der Waals surface area contributed by atoms with Crippen molar-refractivity contribution >= 4 is 11.9 Å². The topological polar surface area (TPSA) is 75.6 Å². The van der Waals surface area contributed by atoms with E-state index >= 15 is 0 Å². The van der Waals surface area contributed by atoms with Gasteiger partial charge in [-0.1, -0.05) is 32.0 Å². The summed E-state index contributed by atoms with van der Waals surface area (Å²) in [6.45, 7) is 5.65. The van der Waals surface area contributed by atoms with Crippen molar-refractivity contribution in [3.05, 3.63) is 29.8 Å². The number of ether oxygens (including phenoxy) is 1. The zero-order valence-corrected chi connectivity index (χ0v) is 12.1. The number of carbonyl (C=O) groups excluding carboxylic acids is 1. The van der Waals surface area contributed by atoms with Crippen LogP contribution in [0.5, 0.6) is 5.75 Å². The van der Waals surface area contributed by atoms with E-state index in [-0.39, 0.29) is 24.9 Å². The first-order valence-corrected chi connectivity index (χ1v) is 6.62. The predicted octanol–water partition coefficient (Wildman–Crippen LogP) is 1.99. The highest BCUT2D eigenvalue weighted by atomic mass is 16.5. The quantitative estimate of drug-likeness (QED) is 0.800. The van der Waals surface area contributed by atoms with Crippen LogP contribution in [0.3, 0.4) is 0 Å². The van der Waals surface area contributed by atoms with E-state index in [0.29, 0.717) is 0 Å². The van der Waals surface area contributed by atoms with Crippen LogP contribution >= 0.6 is 0 Å². The number of carboxylic acids is 1. The summed E-state index contributed by atoms with van der Waals surface area (Å²) in [6.07, 6.45) is 0.130. The summed E-state index contributed by atoms with van der Waals surface area (Å²) in [6, 6.07) is 6.67. The number of nitrogens with one attached hydrogen (secondary N) is 1. The van der Waals surface area contributed by atoms with Crippen molar-refractivity contribution in [1.29, 1.82) is 0 Å². The number of para-hydroxylation sites is 1. The third kappa shape index (κ3) is 4.91. The Labute approximate surface area is 118 Å². The van der Waals surface area contributed by atoms with Crippen LogP contribution in [0, 0.1) is 12.8 Å². The number of carbonyl (C=O) groups is 2. The first-order chi connectivity index (χ1) is 9.41. The maximum atomic E-state index is 11.7. The third-order valence-electron chi connectivity index (χ3n) is 2.93. The lowest BCUT2D eigenvalue weighted by atomic mass is 10.0. The van der Waals surface area contributed by atoms with E-state index in [1.54, 1.807) is 13.8 Å². The fourth-order valence-electron chi connectivity index (χ4n) is 1.73. The van der Waals surface area contributed by atoms with Gasteiger partial charge in [-0.2, -0.15) is 0 Å². The molecule has 0 aliphatic heterocycles. The average Bonchev–Trinajstić information content (AvgIpc) is 2.37. The Morgan fingerprint density at radius 1 is 1.30 bits per heavy atom. The molecule has 0 bridgehead atoms. The second kappa shape index (κ2) is 7.53. The minimum Gasteiger partial charge on any atom is -0.493 e. The molecule has 0 saturated carbocycles. The smallest absolute Gasteiger partial charge is 0.326 e. The lowest BCUT2D eigenvalue weighted by Gasteiger charge is -2.18. The van der Waals surface area contributed by atoms with Crippen LogP contribution in [0.2, 0.25) is 0 Å². The average molecular weight is 279 g/mol. The number of amides is 1. The molecule has 1 amide bonds. The van der Waals surface area contributed by atoms with Crippen LogP contribution in [0.4, 0.5) is 0 Å². The Kier molecular flexibility index (Phi) is 6.03. The van der Waals surface area contributed by atoms with Crippen LogP contribution < -0.4 is 10.1 Å². The molecule has 0 fully saturated rings. The molecule has 110 valence electrons. The maximum Gasteiger partial charge on any atom is 0.326 e. The van der Waals surface area contributed by atoms with Crippen molar-refractivity contribution in [3.63, 3.8) is 0 Å². The Morgan fingerprint density at radius 2 is 1.95 bits per heavy atom. The second-order valence-electron chi connectivity index (χ2n) is 4.99. The van der Waals surface area contributed by atoms with Gasteiger partial charge in [0.15, 0.2) is 0 Å². The summed E-state index contributed by atoms with van der Waals surface area (Å²) >= 11 is 0. The molecule has 20 heavy (non-hydrogen) atoms. The number of carboxylic acid groups (broad SMARTS) is 1. The van der Waals surface area contributed by atoms with Crippen LogP contribution in [0.25, 0.3) is 0 Å². The molecule has 0 aromatic heterocycles. The zero-order chi connectivity index (χ0) is 15.1. The van der Waals surface area contributed by atoms with E-state index in [9.17, 15) is 9.59 Å². The van der Waals surface area contributed by atoms with Crippen molar-refractivity contribution in [2.45, 2.75) is 33.2 Å². The van der Waals surface area contributed by atoms with Gasteiger partial charge >= 0.3 is 5.97 Å². The van der Waals surface area contributed by atoms with Gasteiger partial charge in [0.2, 0.25) is 5.91 Å². The number of hydrogen-bond acceptors (Lipinski definition) is 3. The van der Waals surface area contributed by atoms with Crippen LogP contribution in [-0.2, 0) is 9.59 Å². The monoisotopic (exact) mass is 279 g/mol. The predicted molar refractivity (Wildman–Crippen MR) is 75.7 cm³/mol. The van der Waals surface area contributed by atoms with Gasteiger partial charge in [0.25, 0.3) is 0 Å². The van der Waals surface area contributed by atoms with Crippen molar-refractivity contribution in [2.75, 3.05) is 6.61 Å². The van der Waals surface area contributed by atoms with Gasteiger partial charge < -0.3 is 15.2 Å². The van der Waals surface area contributed by atoms with Gasteiger partial charge in [-0.05, 0) is 24.5 Å². The summed E-state index contributed by atoms with van der Waals surface area (Å²) in [7, 11) is 0. The van der Waals surface area contributed by atoms with Gasteiger partial charge in [-0.15, -0.1) is 0 Å². The molecule has 1 rings (SSSR count). The van der Waals surface area contributed by atoms with Crippen molar-refractivity contribution in [1.82, 2.24) is 5.32 Å². The molecule has 0 aliphatic carbocycles. The lowest BCUT2D eigenvalue weighted by Crippen LogP contribution is -2.44. The Morgan fingerprint density at radius 3 is 2.50 bits per heavy atom. The van der Waals surface area contributed by atoms with E-state index < -0.39 is 12.0 Å². The molecule has 1 atom stereocenters. The number of aliphatic carboxylic acids is 1. The highest BCUT2D eigenvalue weighted by Crippen LogP contribution is 2.16. The summed E-state index contributed by atoms with van der Waals surface area (Å²) in [5.41, 5.74) is 0.999. The molecule has 0 spiro atoms. The molecule has 0 aliphatic rings. The van der Waals surface area contributed by atoms with Crippen molar-refractivity contribution in [3.8, 4) is 5.75 Å². The molecule has 1 aromatic rings. The fraction of sp³-hybridized carbons (Fsp3) is 0.467. The van der Waals surface area contributed by atoms with Gasteiger partial charge in [-0.3, -0.25) is 4.79 Å². The summed E-state index contributed by atoms with van der Waals surface area (Å²) < 4.78 is 5.50. The SMILES string of the molecule is Cc1ccccc1OCCC(=O)NC(C(=O)O)C(C)C. The molecular formula is C15H21NO4. The van der Waals surface area contributed by atoms with Gasteiger partial charge in [0.1, 0.15) is 11.8 Å². The molecule has 5 heteroatoms. The van der Waals surface area contributed by atoms with Crippen LogP contribution in [0.1, 0.15) is 25.8 Å². The Hall–Kier alpha value is -2.04. The van der Waals surface area contributed by atoms with Gasteiger partial charge in [0, 0.05) is 0 Å². The molecule has 2 N–H and O–H groups in total. The highest BCUT2D eigenvalue weighted by molar-refractivity contribution is 5.83. The van der Waals surface area contributed by atoms with E-state index in [2.05, 4.69) is 5.32 Å². The highest BCUT2D eigenvalue weighted by Gasteiger charge is 2.23. The minimum atomic E-state index is -1.02. The second-order valence-corrected chi connectivity index (χ2v) is 4.99. The van der Waals surface area contributed by atoms with E-state index in [4.69, 9.17) is 9.84 Å². The largest absolute Gasteiger partial charge is 0.493 e. The number of benzene rings is 1. The molecular weight excluding hydrogens is 258 g/mol. The van der Waals surface area contributed by atoms with Gasteiger partial charge in [0.05, 0.1) is 13.0 Å². The zero-order valence-electron chi connectivity index (χ0n) is 12.1. The number of hydrogen-bond donors (Lipinski definition) is 2. The lowest BCUT2D eigenvalue weighted by molar-refractivity contribution is -0.143. The van der Waals surface area contributed by atoms with Gasteiger partial charge in [-0.25, -0.2) is 4.79 Å². The first-order valence-electron chi connectivity index (χ1n) is 6.62. The molecule has 1 aromatic carbocycles. The summed E-state index contributed by atoms with van der Waals surface area (Å²) in [5, 5.41) is 11.5.